The maximum atomic E-state index is 9.43. The summed E-state index contributed by atoms with van der Waals surface area (Å²) in [7, 11) is 0. The van der Waals surface area contributed by atoms with Crippen molar-refractivity contribution in [3.63, 3.8) is 0 Å². The lowest BCUT2D eigenvalue weighted by atomic mass is 10.2. The fourth-order valence-electron chi connectivity index (χ4n) is 1.48. The summed E-state index contributed by atoms with van der Waals surface area (Å²) in [5.74, 6) is 0.797. The van der Waals surface area contributed by atoms with Crippen LogP contribution in [0.2, 0.25) is 0 Å². The van der Waals surface area contributed by atoms with E-state index in [0.29, 0.717) is 11.9 Å². The molecule has 78 valence electrons. The monoisotopic (exact) mass is 215 g/mol. The quantitative estimate of drug-likeness (QED) is 0.689. The molecule has 1 aliphatic rings. The van der Waals surface area contributed by atoms with Gasteiger partial charge in [-0.05, 0) is 25.1 Å². The minimum absolute atomic E-state index is 0. The number of pyridine rings is 1. The third-order valence-corrected chi connectivity index (χ3v) is 2.19. The number of nitrogens with one attached hydrogen (secondary N) is 2. The second kappa shape index (κ2) is 5.02. The van der Waals surface area contributed by atoms with E-state index in [-0.39, 0.29) is 18.2 Å². The predicted molar refractivity (Wildman–Crippen MR) is 58.0 cm³/mol. The summed E-state index contributed by atoms with van der Waals surface area (Å²) in [6.45, 7) is 1.97. The van der Waals surface area contributed by atoms with E-state index >= 15 is 0 Å². The lowest BCUT2D eigenvalue weighted by molar-refractivity contribution is 0.474. The van der Waals surface area contributed by atoms with Crippen LogP contribution in [0.25, 0.3) is 0 Å². The highest BCUT2D eigenvalue weighted by Gasteiger charge is 2.15. The molecule has 0 unspecified atom stereocenters. The van der Waals surface area contributed by atoms with Gasteiger partial charge in [-0.3, -0.25) is 0 Å². The Balaban J connectivity index is 0.000000980. The minimum Gasteiger partial charge on any atom is -0.504 e. The van der Waals surface area contributed by atoms with Gasteiger partial charge in [0.05, 0.1) is 0 Å². The first-order valence-electron chi connectivity index (χ1n) is 4.47. The van der Waals surface area contributed by atoms with Gasteiger partial charge in [-0.2, -0.15) is 0 Å². The summed E-state index contributed by atoms with van der Waals surface area (Å²) in [6.07, 6.45) is 2.75. The van der Waals surface area contributed by atoms with Gasteiger partial charge in [0.15, 0.2) is 11.6 Å². The minimum atomic E-state index is 0. The highest BCUT2D eigenvalue weighted by molar-refractivity contribution is 5.85. The average molecular weight is 216 g/mol. The second-order valence-corrected chi connectivity index (χ2v) is 3.21. The number of hydrogen-bond donors (Lipinski definition) is 3. The molecule has 14 heavy (non-hydrogen) atoms. The van der Waals surface area contributed by atoms with Crippen molar-refractivity contribution in [2.75, 3.05) is 18.4 Å². The SMILES string of the molecule is Cl.Oc1cccnc1N[C@H]1CCNC1. The first-order chi connectivity index (χ1) is 6.36. The number of anilines is 1. The first-order valence-corrected chi connectivity index (χ1v) is 4.47. The van der Waals surface area contributed by atoms with Crippen LogP contribution >= 0.6 is 12.4 Å². The number of aromatic hydroxyl groups is 1. The molecule has 1 aromatic heterocycles. The average Bonchev–Trinajstić information content (AvgIpc) is 2.61. The molecule has 1 aromatic rings. The number of rotatable bonds is 2. The van der Waals surface area contributed by atoms with Crippen LogP contribution in [-0.2, 0) is 0 Å². The molecule has 0 amide bonds. The van der Waals surface area contributed by atoms with Crippen LogP contribution in [0.1, 0.15) is 6.42 Å². The molecule has 1 saturated heterocycles. The Morgan fingerprint density at radius 1 is 1.57 bits per heavy atom. The maximum absolute atomic E-state index is 9.43. The van der Waals surface area contributed by atoms with Crippen LogP contribution in [0.4, 0.5) is 5.82 Å². The van der Waals surface area contributed by atoms with Crippen LogP contribution in [0.5, 0.6) is 5.75 Å². The summed E-state index contributed by atoms with van der Waals surface area (Å²) in [5.41, 5.74) is 0. The lowest BCUT2D eigenvalue weighted by Crippen LogP contribution is -2.22. The molecule has 0 aliphatic carbocycles. The normalized spacial score (nSPS) is 20.1. The number of halogens is 1. The van der Waals surface area contributed by atoms with Crippen molar-refractivity contribution in [1.29, 1.82) is 0 Å². The third-order valence-electron chi connectivity index (χ3n) is 2.19. The van der Waals surface area contributed by atoms with Gasteiger partial charge < -0.3 is 15.7 Å². The predicted octanol–water partition coefficient (Wildman–Crippen LogP) is 0.983. The topological polar surface area (TPSA) is 57.2 Å². The Hall–Kier alpha value is -1.00. The summed E-state index contributed by atoms with van der Waals surface area (Å²) in [5, 5.41) is 15.9. The molecule has 2 rings (SSSR count). The standard InChI is InChI=1S/C9H13N3O.ClH/c13-8-2-1-4-11-9(8)12-7-3-5-10-6-7;/h1-2,4,7,10,13H,3,5-6H2,(H,11,12);1H/t7-;/m0./s1. The number of aromatic nitrogens is 1. The molecule has 1 atom stereocenters. The van der Waals surface area contributed by atoms with Crippen molar-refractivity contribution < 1.29 is 5.11 Å². The van der Waals surface area contributed by atoms with Crippen LogP contribution < -0.4 is 10.6 Å². The molecule has 0 saturated carbocycles. The zero-order valence-electron chi connectivity index (χ0n) is 7.73. The molecule has 0 bridgehead atoms. The molecule has 1 aliphatic heterocycles. The van der Waals surface area contributed by atoms with Gasteiger partial charge in [0.1, 0.15) is 0 Å². The van der Waals surface area contributed by atoms with E-state index in [9.17, 15) is 5.11 Å². The second-order valence-electron chi connectivity index (χ2n) is 3.21. The highest BCUT2D eigenvalue weighted by Crippen LogP contribution is 2.20. The van der Waals surface area contributed by atoms with Crippen molar-refractivity contribution in [1.82, 2.24) is 10.3 Å². The van der Waals surface area contributed by atoms with Crippen LogP contribution in [0.3, 0.4) is 0 Å². The van der Waals surface area contributed by atoms with E-state index in [1.807, 2.05) is 0 Å². The third kappa shape index (κ3) is 2.49. The van der Waals surface area contributed by atoms with Crippen molar-refractivity contribution >= 4 is 18.2 Å². The maximum Gasteiger partial charge on any atom is 0.168 e. The van der Waals surface area contributed by atoms with Crippen LogP contribution in [-0.4, -0.2) is 29.2 Å². The molecule has 0 radical (unpaired) electrons. The van der Waals surface area contributed by atoms with Gasteiger partial charge in [0, 0.05) is 18.8 Å². The molecule has 2 heterocycles. The fourth-order valence-corrected chi connectivity index (χ4v) is 1.48. The zero-order valence-corrected chi connectivity index (χ0v) is 8.55. The molecule has 3 N–H and O–H groups in total. The van der Waals surface area contributed by atoms with Gasteiger partial charge in [-0.15, -0.1) is 12.4 Å². The van der Waals surface area contributed by atoms with E-state index in [4.69, 9.17) is 0 Å². The molecular weight excluding hydrogens is 202 g/mol. The van der Waals surface area contributed by atoms with E-state index in [1.54, 1.807) is 18.3 Å². The molecule has 5 heteroatoms. The molecule has 4 nitrogen and oxygen atoms in total. The molecule has 1 fully saturated rings. The smallest absolute Gasteiger partial charge is 0.168 e. The first kappa shape index (κ1) is 11.1. The Morgan fingerprint density at radius 3 is 3.07 bits per heavy atom. The van der Waals surface area contributed by atoms with Crippen molar-refractivity contribution in [3.8, 4) is 5.75 Å². The Morgan fingerprint density at radius 2 is 2.43 bits per heavy atom. The molecule has 0 spiro atoms. The van der Waals surface area contributed by atoms with Gasteiger partial charge in [0.2, 0.25) is 0 Å². The van der Waals surface area contributed by atoms with Crippen LogP contribution in [0.15, 0.2) is 18.3 Å². The van der Waals surface area contributed by atoms with Gasteiger partial charge >= 0.3 is 0 Å². The van der Waals surface area contributed by atoms with E-state index in [1.165, 1.54) is 0 Å². The summed E-state index contributed by atoms with van der Waals surface area (Å²) in [4.78, 5) is 4.05. The number of nitrogens with zero attached hydrogens (tertiary/aromatic N) is 1. The summed E-state index contributed by atoms with van der Waals surface area (Å²) < 4.78 is 0. The van der Waals surface area contributed by atoms with Gasteiger partial charge in [0.25, 0.3) is 0 Å². The number of hydrogen-bond acceptors (Lipinski definition) is 4. The van der Waals surface area contributed by atoms with Gasteiger partial charge in [-0.25, -0.2) is 4.98 Å². The molecular formula is C9H14ClN3O. The Kier molecular flexibility index (Phi) is 3.98. The fraction of sp³-hybridized carbons (Fsp3) is 0.444. The lowest BCUT2D eigenvalue weighted by Gasteiger charge is -2.12. The Labute approximate surface area is 89.2 Å². The molecule has 0 aromatic carbocycles. The largest absolute Gasteiger partial charge is 0.504 e. The van der Waals surface area contributed by atoms with E-state index in [2.05, 4.69) is 15.6 Å². The zero-order chi connectivity index (χ0) is 9.10. The van der Waals surface area contributed by atoms with Gasteiger partial charge in [-0.1, -0.05) is 0 Å². The van der Waals surface area contributed by atoms with Crippen LogP contribution in [0, 0.1) is 0 Å². The van der Waals surface area contributed by atoms with Crippen molar-refractivity contribution in [2.24, 2.45) is 0 Å². The van der Waals surface area contributed by atoms with Crippen molar-refractivity contribution in [2.45, 2.75) is 12.5 Å². The highest BCUT2D eigenvalue weighted by atomic mass is 35.5. The van der Waals surface area contributed by atoms with E-state index in [0.717, 1.165) is 19.5 Å². The Bertz CT molecular complexity index is 289. The van der Waals surface area contributed by atoms with E-state index < -0.39 is 0 Å². The van der Waals surface area contributed by atoms with Crippen molar-refractivity contribution in [3.05, 3.63) is 18.3 Å². The summed E-state index contributed by atoms with van der Waals surface area (Å²) in [6, 6.07) is 3.74. The summed E-state index contributed by atoms with van der Waals surface area (Å²) >= 11 is 0.